The molecular formula is C25H31N5O2. The van der Waals surface area contributed by atoms with Gasteiger partial charge in [0.25, 0.3) is 0 Å². The molecule has 7 heteroatoms. The minimum Gasteiger partial charge on any atom is -0.387 e. The highest BCUT2D eigenvalue weighted by molar-refractivity contribution is 5.73. The number of aliphatic hydroxyl groups is 1. The maximum atomic E-state index is 12.1. The predicted molar refractivity (Wildman–Crippen MR) is 127 cm³/mol. The Hall–Kier alpha value is -3.42. The summed E-state index contributed by atoms with van der Waals surface area (Å²) >= 11 is 0. The number of nitrogens with zero attached hydrogens (tertiary/aromatic N) is 1. The summed E-state index contributed by atoms with van der Waals surface area (Å²) in [7, 11) is 0. The number of pyridine rings is 1. The van der Waals surface area contributed by atoms with E-state index in [1.807, 2.05) is 42.5 Å². The molecule has 0 aliphatic rings. The number of nitrogens with one attached hydrogen (secondary N) is 3. The first-order valence-corrected chi connectivity index (χ1v) is 10.8. The van der Waals surface area contributed by atoms with Gasteiger partial charge in [0.15, 0.2) is 0 Å². The second-order valence-electron chi connectivity index (χ2n) is 7.89. The van der Waals surface area contributed by atoms with E-state index in [9.17, 15) is 9.90 Å². The molecule has 168 valence electrons. The Labute approximate surface area is 189 Å². The zero-order valence-electron chi connectivity index (χ0n) is 18.3. The lowest BCUT2D eigenvalue weighted by molar-refractivity contribution is 0.170. The fourth-order valence-corrected chi connectivity index (χ4v) is 3.36. The molecule has 0 aliphatic carbocycles. The van der Waals surface area contributed by atoms with Crippen molar-refractivity contribution >= 4 is 11.8 Å². The van der Waals surface area contributed by atoms with Crippen LogP contribution in [0, 0.1) is 0 Å². The zero-order valence-corrected chi connectivity index (χ0v) is 18.3. The Bertz CT molecular complexity index is 979. The highest BCUT2D eigenvalue weighted by atomic mass is 16.3. The predicted octanol–water partition coefficient (Wildman–Crippen LogP) is 2.92. The van der Waals surface area contributed by atoms with E-state index >= 15 is 0 Å². The molecular weight excluding hydrogens is 402 g/mol. The van der Waals surface area contributed by atoms with E-state index in [1.165, 1.54) is 0 Å². The molecule has 0 aliphatic heterocycles. The number of aromatic nitrogens is 1. The lowest BCUT2D eigenvalue weighted by Gasteiger charge is -2.18. The Balaban J connectivity index is 1.41. The Morgan fingerprint density at radius 2 is 1.66 bits per heavy atom. The van der Waals surface area contributed by atoms with Gasteiger partial charge in [-0.05, 0) is 36.1 Å². The maximum absolute atomic E-state index is 12.1. The lowest BCUT2D eigenvalue weighted by atomic mass is 10.0. The van der Waals surface area contributed by atoms with Crippen molar-refractivity contribution < 1.29 is 9.90 Å². The monoisotopic (exact) mass is 433 g/mol. The number of benzene rings is 2. The number of amides is 2. The van der Waals surface area contributed by atoms with Gasteiger partial charge in [-0.2, -0.15) is 0 Å². The Morgan fingerprint density at radius 3 is 2.38 bits per heavy atom. The van der Waals surface area contributed by atoms with E-state index in [0.717, 1.165) is 28.7 Å². The third-order valence-corrected chi connectivity index (χ3v) is 5.14. The van der Waals surface area contributed by atoms with Crippen molar-refractivity contribution in [1.82, 2.24) is 20.9 Å². The van der Waals surface area contributed by atoms with E-state index in [0.29, 0.717) is 25.5 Å². The average molecular weight is 434 g/mol. The van der Waals surface area contributed by atoms with Crippen LogP contribution < -0.4 is 21.7 Å². The van der Waals surface area contributed by atoms with Gasteiger partial charge in [-0.1, -0.05) is 60.7 Å². The molecule has 6 N–H and O–H groups in total. The smallest absolute Gasteiger partial charge is 0.315 e. The largest absolute Gasteiger partial charge is 0.387 e. The van der Waals surface area contributed by atoms with Gasteiger partial charge in [0.05, 0.1) is 6.10 Å². The first-order valence-electron chi connectivity index (χ1n) is 10.8. The van der Waals surface area contributed by atoms with Crippen LogP contribution in [-0.2, 0) is 19.5 Å². The highest BCUT2D eigenvalue weighted by Gasteiger charge is 2.11. The first-order chi connectivity index (χ1) is 15.5. The van der Waals surface area contributed by atoms with Crippen LogP contribution in [0.5, 0.6) is 0 Å². The molecule has 2 amide bonds. The van der Waals surface area contributed by atoms with Gasteiger partial charge in [0.2, 0.25) is 0 Å². The second-order valence-corrected chi connectivity index (χ2v) is 7.89. The topological polar surface area (TPSA) is 112 Å². The van der Waals surface area contributed by atoms with Crippen molar-refractivity contribution in [1.29, 1.82) is 0 Å². The van der Waals surface area contributed by atoms with Crippen LogP contribution in [0.2, 0.25) is 0 Å². The quantitative estimate of drug-likeness (QED) is 0.337. The molecule has 1 aromatic heterocycles. The van der Waals surface area contributed by atoms with Gasteiger partial charge in [-0.25, -0.2) is 9.78 Å². The van der Waals surface area contributed by atoms with Gasteiger partial charge in [-0.3, -0.25) is 0 Å². The van der Waals surface area contributed by atoms with Crippen molar-refractivity contribution in [2.75, 3.05) is 12.3 Å². The van der Waals surface area contributed by atoms with Gasteiger partial charge in [0.1, 0.15) is 5.82 Å². The molecule has 0 saturated heterocycles. The Kier molecular flexibility index (Phi) is 8.60. The van der Waals surface area contributed by atoms with E-state index in [4.69, 9.17) is 5.73 Å². The highest BCUT2D eigenvalue weighted by Crippen LogP contribution is 2.13. The summed E-state index contributed by atoms with van der Waals surface area (Å²) in [5.41, 5.74) is 9.59. The summed E-state index contributed by atoms with van der Waals surface area (Å²) in [4.78, 5) is 16.1. The number of urea groups is 1. The van der Waals surface area contributed by atoms with Crippen LogP contribution in [0.4, 0.5) is 10.6 Å². The fraction of sp³-hybridized carbons (Fsp3) is 0.280. The Morgan fingerprint density at radius 1 is 0.969 bits per heavy atom. The molecule has 0 radical (unpaired) electrons. The molecule has 7 nitrogen and oxygen atoms in total. The molecule has 0 bridgehead atoms. The molecule has 0 saturated carbocycles. The summed E-state index contributed by atoms with van der Waals surface area (Å²) in [6.07, 6.45) is 1.76. The van der Waals surface area contributed by atoms with Crippen LogP contribution in [0.15, 0.2) is 72.9 Å². The van der Waals surface area contributed by atoms with Gasteiger partial charge in [0, 0.05) is 37.4 Å². The molecule has 0 spiro atoms. The second kappa shape index (κ2) is 11.8. The summed E-state index contributed by atoms with van der Waals surface area (Å²) in [5.74, 6) is 0.435. The van der Waals surface area contributed by atoms with Crippen LogP contribution in [0.3, 0.4) is 0 Å². The summed E-state index contributed by atoms with van der Waals surface area (Å²) in [6, 6.07) is 21.4. The number of hydrogen-bond acceptors (Lipinski definition) is 5. The molecule has 3 aromatic rings. The maximum Gasteiger partial charge on any atom is 0.315 e. The number of nitrogen functional groups attached to an aromatic ring is 1. The fourth-order valence-electron chi connectivity index (χ4n) is 3.36. The summed E-state index contributed by atoms with van der Waals surface area (Å²) in [6.45, 7) is 3.46. The van der Waals surface area contributed by atoms with Crippen molar-refractivity contribution in [3.63, 3.8) is 0 Å². The van der Waals surface area contributed by atoms with Crippen molar-refractivity contribution in [3.05, 3.63) is 95.2 Å². The van der Waals surface area contributed by atoms with Crippen LogP contribution in [0.1, 0.15) is 35.3 Å². The standard InChI is InChI=1S/C25H31N5O2/c1-18(27-17-23(31)22-10-11-24(26)28-16-22)12-20-8-5-9-21(13-20)15-30-25(32)29-14-19-6-3-2-4-7-19/h2-11,13,16,18,23,27,31H,12,14-15,17H2,1H3,(H2,26,28)(H2,29,30,32)/t18?,23-/m0/s1. The SMILES string of the molecule is CC(Cc1cccc(CNC(=O)NCc2ccccc2)c1)NC[C@H](O)c1ccc(N)nc1. The van der Waals surface area contributed by atoms with Crippen LogP contribution in [0.25, 0.3) is 0 Å². The van der Waals surface area contributed by atoms with Gasteiger partial charge < -0.3 is 26.8 Å². The van der Waals surface area contributed by atoms with E-state index in [2.05, 4.69) is 40.0 Å². The molecule has 0 fully saturated rings. The van der Waals surface area contributed by atoms with Crippen molar-refractivity contribution in [2.45, 2.75) is 38.6 Å². The third kappa shape index (κ3) is 7.68. The number of nitrogens with two attached hydrogens (primary N) is 1. The zero-order chi connectivity index (χ0) is 22.8. The number of carbonyl (C=O) groups excluding carboxylic acids is 1. The molecule has 3 rings (SSSR count). The number of rotatable bonds is 10. The van der Waals surface area contributed by atoms with Gasteiger partial charge in [-0.15, -0.1) is 0 Å². The first kappa shape index (κ1) is 23.2. The molecule has 1 unspecified atom stereocenters. The molecule has 1 heterocycles. The number of carbonyl (C=O) groups is 1. The van der Waals surface area contributed by atoms with Crippen LogP contribution >= 0.6 is 0 Å². The van der Waals surface area contributed by atoms with E-state index in [-0.39, 0.29) is 12.1 Å². The van der Waals surface area contributed by atoms with E-state index in [1.54, 1.807) is 18.3 Å². The number of hydrogen-bond donors (Lipinski definition) is 5. The molecule has 2 atom stereocenters. The van der Waals surface area contributed by atoms with Crippen LogP contribution in [-0.4, -0.2) is 28.7 Å². The van der Waals surface area contributed by atoms with Crippen molar-refractivity contribution in [3.8, 4) is 0 Å². The number of anilines is 1. The van der Waals surface area contributed by atoms with Gasteiger partial charge >= 0.3 is 6.03 Å². The minimum absolute atomic E-state index is 0.170. The molecule has 2 aromatic carbocycles. The average Bonchev–Trinajstić information content (AvgIpc) is 2.81. The third-order valence-electron chi connectivity index (χ3n) is 5.14. The number of aliphatic hydroxyl groups excluding tert-OH is 1. The summed E-state index contributed by atoms with van der Waals surface area (Å²) in [5, 5.41) is 19.4. The minimum atomic E-state index is -0.643. The normalized spacial score (nSPS) is 12.7. The van der Waals surface area contributed by atoms with Crippen molar-refractivity contribution in [2.24, 2.45) is 0 Å². The summed E-state index contributed by atoms with van der Waals surface area (Å²) < 4.78 is 0. The molecule has 32 heavy (non-hydrogen) atoms. The lowest BCUT2D eigenvalue weighted by Crippen LogP contribution is -2.34. The van der Waals surface area contributed by atoms with E-state index < -0.39 is 6.10 Å².